The summed E-state index contributed by atoms with van der Waals surface area (Å²) in [6, 6.07) is 40.4. The molecule has 5 nitrogen and oxygen atoms in total. The van der Waals surface area contributed by atoms with Crippen LogP contribution in [-0.4, -0.2) is 19.6 Å². The van der Waals surface area contributed by atoms with E-state index in [0.29, 0.717) is 5.52 Å². The second kappa shape index (κ2) is 9.48. The Hall–Kier alpha value is -4.73. The Morgan fingerprint density at radius 1 is 0.600 bits per heavy atom. The van der Waals surface area contributed by atoms with E-state index in [-0.39, 0.29) is 26.8 Å². The molecule has 0 fully saturated rings. The van der Waals surface area contributed by atoms with Gasteiger partial charge in [0.05, 0.1) is 16.7 Å². The average Bonchev–Trinajstić information content (AvgIpc) is 3.56. The van der Waals surface area contributed by atoms with Crippen LogP contribution in [0.4, 0.5) is 0 Å². The quantitative estimate of drug-likeness (QED) is 0.204. The van der Waals surface area contributed by atoms with Crippen molar-refractivity contribution in [2.45, 2.75) is 0 Å². The third-order valence-corrected chi connectivity index (χ3v) is 7.38. The van der Waals surface area contributed by atoms with Crippen LogP contribution in [0.1, 0.15) is 0 Å². The van der Waals surface area contributed by atoms with E-state index < -0.39 is 0 Å². The molecule has 3 heterocycles. The number of pyridine rings is 1. The number of hydrogen-bond acceptors (Lipinski definition) is 3. The Morgan fingerprint density at radius 2 is 1.35 bits per heavy atom. The van der Waals surface area contributed by atoms with Crippen molar-refractivity contribution in [2.24, 2.45) is 0 Å². The van der Waals surface area contributed by atoms with E-state index in [4.69, 9.17) is 15.0 Å². The van der Waals surface area contributed by atoms with Gasteiger partial charge in [-0.05, 0) is 41.1 Å². The molecule has 0 aliphatic heterocycles. The van der Waals surface area contributed by atoms with Crippen LogP contribution in [0.2, 0.25) is 0 Å². The van der Waals surface area contributed by atoms with Gasteiger partial charge in [-0.25, -0.2) is 9.97 Å². The standard InChI is InChI=1S/C34H21N4O.Pt/c39-30-18-6-9-21-19-20-28(35-31(21)30)25-14-8-17-29-33(25)37-34(38(29)22-10-2-1-3-11-22)26-15-7-13-24-23-12-4-5-16-27(23)36-32(24)26;/h1-20H,(H-,35,36,37,39);/q-1;. The summed E-state index contributed by atoms with van der Waals surface area (Å²) in [5.74, 6) is 0.985. The van der Waals surface area contributed by atoms with Crippen molar-refractivity contribution < 1.29 is 26.2 Å². The summed E-state index contributed by atoms with van der Waals surface area (Å²) >= 11 is 0. The van der Waals surface area contributed by atoms with Crippen molar-refractivity contribution in [3.63, 3.8) is 0 Å². The van der Waals surface area contributed by atoms with Gasteiger partial charge in [0.2, 0.25) is 0 Å². The van der Waals surface area contributed by atoms with E-state index >= 15 is 0 Å². The largest absolute Gasteiger partial charge is 0.656 e. The SMILES string of the molecule is Oc1cccc2ccc(-c3cccc4c3nc(-c3cccc5c3[n-]c3ccccc35)n4-c3ccccc3)nc12.[Pt]. The number of phenolic OH excluding ortho intramolecular Hbond substituents is 1. The van der Waals surface area contributed by atoms with Crippen LogP contribution in [0.5, 0.6) is 5.75 Å². The number of imidazole rings is 1. The van der Waals surface area contributed by atoms with Crippen LogP contribution < -0.4 is 4.98 Å². The van der Waals surface area contributed by atoms with Gasteiger partial charge in [0.15, 0.2) is 0 Å². The molecule has 0 aliphatic rings. The molecule has 194 valence electrons. The predicted octanol–water partition coefficient (Wildman–Crippen LogP) is 7.87. The number of para-hydroxylation sites is 5. The summed E-state index contributed by atoms with van der Waals surface area (Å²) < 4.78 is 2.20. The average molecular weight is 697 g/mol. The van der Waals surface area contributed by atoms with Crippen molar-refractivity contribution in [2.75, 3.05) is 0 Å². The second-order valence-corrected chi connectivity index (χ2v) is 9.66. The third-order valence-electron chi connectivity index (χ3n) is 7.38. The maximum atomic E-state index is 10.5. The van der Waals surface area contributed by atoms with Gasteiger partial charge < -0.3 is 10.1 Å². The van der Waals surface area contributed by atoms with Gasteiger partial charge in [0.1, 0.15) is 17.1 Å². The molecule has 40 heavy (non-hydrogen) atoms. The topological polar surface area (TPSA) is 65.0 Å². The van der Waals surface area contributed by atoms with Crippen LogP contribution >= 0.6 is 0 Å². The number of aromatic hydroxyl groups is 1. The normalized spacial score (nSPS) is 11.4. The second-order valence-electron chi connectivity index (χ2n) is 9.66. The molecule has 0 bridgehead atoms. The van der Waals surface area contributed by atoms with Crippen LogP contribution in [0.15, 0.2) is 121 Å². The van der Waals surface area contributed by atoms with Crippen LogP contribution in [0.3, 0.4) is 0 Å². The fourth-order valence-electron chi connectivity index (χ4n) is 5.59. The molecule has 0 aliphatic carbocycles. The molecule has 8 rings (SSSR count). The molecule has 0 radical (unpaired) electrons. The molecule has 5 aromatic carbocycles. The van der Waals surface area contributed by atoms with E-state index in [1.54, 1.807) is 6.07 Å². The summed E-state index contributed by atoms with van der Waals surface area (Å²) in [7, 11) is 0. The van der Waals surface area contributed by atoms with Gasteiger partial charge in [0.25, 0.3) is 0 Å². The van der Waals surface area contributed by atoms with Crippen molar-refractivity contribution >= 4 is 43.7 Å². The Morgan fingerprint density at radius 3 is 2.25 bits per heavy atom. The van der Waals surface area contributed by atoms with E-state index in [2.05, 4.69) is 59.2 Å². The minimum atomic E-state index is 0. The maximum Gasteiger partial charge on any atom is 0.144 e. The predicted molar refractivity (Wildman–Crippen MR) is 157 cm³/mol. The number of hydrogen-bond donors (Lipinski definition) is 1. The third kappa shape index (κ3) is 3.66. The zero-order valence-electron chi connectivity index (χ0n) is 21.1. The van der Waals surface area contributed by atoms with Gasteiger partial charge in [-0.1, -0.05) is 91.0 Å². The van der Waals surface area contributed by atoms with Crippen molar-refractivity contribution in [3.05, 3.63) is 121 Å². The van der Waals surface area contributed by atoms with E-state index in [0.717, 1.165) is 66.6 Å². The molecule has 3 aromatic heterocycles. The molecule has 0 atom stereocenters. The van der Waals surface area contributed by atoms with Gasteiger partial charge in [0, 0.05) is 43.3 Å². The van der Waals surface area contributed by atoms with Gasteiger partial charge >= 0.3 is 0 Å². The number of nitrogens with zero attached hydrogens (tertiary/aromatic N) is 4. The Kier molecular flexibility index (Phi) is 5.76. The Labute approximate surface area is 244 Å². The summed E-state index contributed by atoms with van der Waals surface area (Å²) in [6.07, 6.45) is 0. The van der Waals surface area contributed by atoms with E-state index in [9.17, 15) is 5.11 Å². The molecule has 1 N–H and O–H groups in total. The first-order valence-corrected chi connectivity index (χ1v) is 12.9. The van der Waals surface area contributed by atoms with Crippen LogP contribution in [-0.2, 0) is 21.1 Å². The van der Waals surface area contributed by atoms with Gasteiger partial charge in [-0.15, -0.1) is 11.0 Å². The summed E-state index contributed by atoms with van der Waals surface area (Å²) in [4.78, 5) is 15.2. The number of aromatic nitrogens is 4. The zero-order valence-corrected chi connectivity index (χ0v) is 23.4. The fourth-order valence-corrected chi connectivity index (χ4v) is 5.59. The van der Waals surface area contributed by atoms with E-state index in [1.165, 1.54) is 0 Å². The number of benzene rings is 5. The first kappa shape index (κ1) is 24.3. The van der Waals surface area contributed by atoms with E-state index in [1.807, 2.05) is 60.7 Å². The van der Waals surface area contributed by atoms with Crippen LogP contribution in [0.25, 0.3) is 72.1 Å². The first-order chi connectivity index (χ1) is 19.3. The molecule has 0 saturated heterocycles. The van der Waals surface area contributed by atoms with Crippen molar-refractivity contribution in [3.8, 4) is 34.1 Å². The van der Waals surface area contributed by atoms with Crippen molar-refractivity contribution in [1.29, 1.82) is 0 Å². The molecular weight excluding hydrogens is 675 g/mol. The van der Waals surface area contributed by atoms with Gasteiger partial charge in [-0.3, -0.25) is 4.57 Å². The molecule has 8 aromatic rings. The summed E-state index contributed by atoms with van der Waals surface area (Å²) in [5.41, 5.74) is 7.95. The number of phenols is 1. The maximum absolute atomic E-state index is 10.5. The molecule has 0 spiro atoms. The first-order valence-electron chi connectivity index (χ1n) is 12.9. The smallest absolute Gasteiger partial charge is 0.144 e. The minimum absolute atomic E-state index is 0. The molecule has 0 unspecified atom stereocenters. The minimum Gasteiger partial charge on any atom is -0.656 e. The van der Waals surface area contributed by atoms with Crippen LogP contribution in [0, 0.1) is 0 Å². The Balaban J connectivity index is 0.00000264. The van der Waals surface area contributed by atoms with Gasteiger partial charge in [-0.2, -0.15) is 0 Å². The monoisotopic (exact) mass is 696 g/mol. The molecule has 0 amide bonds. The number of rotatable bonds is 3. The molecular formula is C34H21N4OPt-. The summed E-state index contributed by atoms with van der Waals surface area (Å²) in [5, 5.41) is 13.6. The molecule has 0 saturated carbocycles. The Bertz CT molecular complexity index is 2200. The molecule has 6 heteroatoms. The number of fused-ring (bicyclic) bond motifs is 5. The zero-order chi connectivity index (χ0) is 25.9. The van der Waals surface area contributed by atoms with Crippen molar-refractivity contribution in [1.82, 2.24) is 19.5 Å². The summed E-state index contributed by atoms with van der Waals surface area (Å²) in [6.45, 7) is 0. The fraction of sp³-hybridized carbons (Fsp3) is 0.